The largest absolute Gasteiger partial charge is 0.466 e. The van der Waals surface area contributed by atoms with Crippen molar-refractivity contribution in [2.24, 2.45) is 0 Å². The quantitative estimate of drug-likeness (QED) is 0.698. The van der Waals surface area contributed by atoms with E-state index in [1.807, 2.05) is 13.0 Å². The van der Waals surface area contributed by atoms with Gasteiger partial charge in [-0.15, -0.1) is 0 Å². The Morgan fingerprint density at radius 1 is 1.69 bits per heavy atom. The van der Waals surface area contributed by atoms with Crippen LogP contribution in [0.1, 0.15) is 25.5 Å². The van der Waals surface area contributed by atoms with E-state index in [-0.39, 0.29) is 5.97 Å². The fourth-order valence-electron chi connectivity index (χ4n) is 1.08. The highest BCUT2D eigenvalue weighted by Crippen LogP contribution is 2.01. The zero-order valence-electron chi connectivity index (χ0n) is 7.75. The third-order valence-electron chi connectivity index (χ3n) is 1.69. The summed E-state index contributed by atoms with van der Waals surface area (Å²) in [6.07, 6.45) is 3.84. The van der Waals surface area contributed by atoms with Gasteiger partial charge in [-0.1, -0.05) is 0 Å². The van der Waals surface area contributed by atoms with Gasteiger partial charge in [-0.05, 0) is 25.8 Å². The molecule has 1 aromatic heterocycles. The highest BCUT2D eigenvalue weighted by atomic mass is 16.5. The number of ether oxygens (including phenoxy) is 1. The third kappa shape index (κ3) is 3.73. The number of aryl methyl sites for hydroxylation is 1. The molecule has 72 valence electrons. The van der Waals surface area contributed by atoms with Gasteiger partial charge in [-0.25, -0.2) is 0 Å². The Bertz CT molecular complexity index is 244. The zero-order chi connectivity index (χ0) is 9.52. The number of carbonyl (C=O) groups excluding carboxylic acids is 1. The highest BCUT2D eigenvalue weighted by molar-refractivity contribution is 5.69. The molecule has 1 rings (SSSR count). The Hall–Kier alpha value is -1.32. The third-order valence-corrected chi connectivity index (χ3v) is 1.69. The summed E-state index contributed by atoms with van der Waals surface area (Å²) in [6, 6.07) is 1.91. The molecule has 0 unspecified atom stereocenters. The van der Waals surface area contributed by atoms with Crippen LogP contribution in [0.3, 0.4) is 0 Å². The lowest BCUT2D eigenvalue weighted by atomic mass is 10.2. The first-order chi connectivity index (χ1) is 6.33. The summed E-state index contributed by atoms with van der Waals surface area (Å²) in [7, 11) is 0. The minimum atomic E-state index is -0.123. The molecule has 0 fully saturated rings. The van der Waals surface area contributed by atoms with E-state index in [9.17, 15) is 4.79 Å². The number of nitrogens with one attached hydrogen (secondary N) is 1. The second-order valence-electron chi connectivity index (χ2n) is 2.74. The van der Waals surface area contributed by atoms with Gasteiger partial charge >= 0.3 is 5.97 Å². The molecule has 13 heavy (non-hydrogen) atoms. The highest BCUT2D eigenvalue weighted by Gasteiger charge is 2.01. The second-order valence-corrected chi connectivity index (χ2v) is 2.74. The molecule has 0 amide bonds. The Kier molecular flexibility index (Phi) is 4.02. The van der Waals surface area contributed by atoms with Crippen LogP contribution in [0.25, 0.3) is 0 Å². The van der Waals surface area contributed by atoms with Gasteiger partial charge in [0.2, 0.25) is 0 Å². The number of aromatic nitrogens is 2. The average Bonchev–Trinajstić information content (AvgIpc) is 2.57. The van der Waals surface area contributed by atoms with Crippen LogP contribution in [0.4, 0.5) is 0 Å². The van der Waals surface area contributed by atoms with Gasteiger partial charge in [0.05, 0.1) is 6.61 Å². The fourth-order valence-corrected chi connectivity index (χ4v) is 1.08. The molecule has 0 aliphatic carbocycles. The SMILES string of the molecule is CCOC(=O)CCCc1ccn[nH]1. The van der Waals surface area contributed by atoms with Gasteiger partial charge in [0.1, 0.15) is 0 Å². The summed E-state index contributed by atoms with van der Waals surface area (Å²) in [4.78, 5) is 10.9. The first-order valence-corrected chi connectivity index (χ1v) is 4.46. The fraction of sp³-hybridized carbons (Fsp3) is 0.556. The monoisotopic (exact) mass is 182 g/mol. The van der Waals surface area contributed by atoms with E-state index in [0.717, 1.165) is 18.5 Å². The van der Waals surface area contributed by atoms with E-state index < -0.39 is 0 Å². The van der Waals surface area contributed by atoms with E-state index in [1.165, 1.54) is 0 Å². The van der Waals surface area contributed by atoms with Gasteiger partial charge < -0.3 is 4.74 Å². The molecule has 0 aliphatic rings. The van der Waals surface area contributed by atoms with Crippen LogP contribution in [0.15, 0.2) is 12.3 Å². The van der Waals surface area contributed by atoms with Crippen molar-refractivity contribution in [3.63, 3.8) is 0 Å². The maximum Gasteiger partial charge on any atom is 0.305 e. The van der Waals surface area contributed by atoms with E-state index in [2.05, 4.69) is 10.2 Å². The molecule has 1 aromatic rings. The summed E-state index contributed by atoms with van der Waals surface area (Å²) in [5.41, 5.74) is 1.06. The molecule has 1 N–H and O–H groups in total. The Morgan fingerprint density at radius 2 is 2.54 bits per heavy atom. The number of hydrogen-bond acceptors (Lipinski definition) is 3. The summed E-state index contributed by atoms with van der Waals surface area (Å²) >= 11 is 0. The topological polar surface area (TPSA) is 55.0 Å². The average molecular weight is 182 g/mol. The molecule has 0 saturated heterocycles. The van der Waals surface area contributed by atoms with Crippen LogP contribution in [0.2, 0.25) is 0 Å². The standard InChI is InChI=1S/C9H14N2O2/c1-2-13-9(12)5-3-4-8-6-7-10-11-8/h6-7H,2-5H2,1H3,(H,10,11). The number of rotatable bonds is 5. The summed E-state index contributed by atoms with van der Waals surface area (Å²) in [6.45, 7) is 2.27. The van der Waals surface area contributed by atoms with Gasteiger partial charge in [0.15, 0.2) is 0 Å². The van der Waals surface area contributed by atoms with Crippen molar-refractivity contribution in [3.05, 3.63) is 18.0 Å². The molecule has 0 spiro atoms. The van der Waals surface area contributed by atoms with Crippen molar-refractivity contribution in [3.8, 4) is 0 Å². The van der Waals surface area contributed by atoms with Gasteiger partial charge in [0, 0.05) is 18.3 Å². The van der Waals surface area contributed by atoms with Crippen LogP contribution in [0.5, 0.6) is 0 Å². The number of aromatic amines is 1. The van der Waals surface area contributed by atoms with Gasteiger partial charge in [-0.2, -0.15) is 5.10 Å². The van der Waals surface area contributed by atoms with E-state index >= 15 is 0 Å². The summed E-state index contributed by atoms with van der Waals surface area (Å²) in [5, 5.41) is 6.66. The first-order valence-electron chi connectivity index (χ1n) is 4.46. The number of H-pyrrole nitrogens is 1. The van der Waals surface area contributed by atoms with Crippen molar-refractivity contribution in [1.29, 1.82) is 0 Å². The summed E-state index contributed by atoms with van der Waals surface area (Å²) < 4.78 is 4.80. The Balaban J connectivity index is 2.11. The molecule has 0 bridgehead atoms. The molecule has 0 saturated carbocycles. The predicted molar refractivity (Wildman–Crippen MR) is 48.2 cm³/mol. The molecule has 4 heteroatoms. The molecule has 0 radical (unpaired) electrons. The maximum atomic E-state index is 10.9. The van der Waals surface area contributed by atoms with Crippen LogP contribution in [-0.4, -0.2) is 22.8 Å². The minimum absolute atomic E-state index is 0.123. The van der Waals surface area contributed by atoms with Crippen molar-refractivity contribution in [1.82, 2.24) is 10.2 Å². The van der Waals surface area contributed by atoms with Crippen LogP contribution in [-0.2, 0) is 16.0 Å². The Labute approximate surface area is 77.3 Å². The van der Waals surface area contributed by atoms with Crippen molar-refractivity contribution < 1.29 is 9.53 Å². The minimum Gasteiger partial charge on any atom is -0.466 e. The molecular formula is C9H14N2O2. The number of carbonyl (C=O) groups is 1. The van der Waals surface area contributed by atoms with Gasteiger partial charge in [-0.3, -0.25) is 9.89 Å². The van der Waals surface area contributed by atoms with Crippen molar-refractivity contribution in [2.45, 2.75) is 26.2 Å². The predicted octanol–water partition coefficient (Wildman–Crippen LogP) is 1.30. The smallest absolute Gasteiger partial charge is 0.305 e. The number of nitrogens with zero attached hydrogens (tertiary/aromatic N) is 1. The van der Waals surface area contributed by atoms with Crippen molar-refractivity contribution in [2.75, 3.05) is 6.61 Å². The molecule has 0 aliphatic heterocycles. The molecular weight excluding hydrogens is 168 g/mol. The summed E-state index contributed by atoms with van der Waals surface area (Å²) in [5.74, 6) is -0.123. The lowest BCUT2D eigenvalue weighted by Crippen LogP contribution is -2.04. The van der Waals surface area contributed by atoms with E-state index in [4.69, 9.17) is 4.74 Å². The zero-order valence-corrected chi connectivity index (χ0v) is 7.75. The lowest BCUT2D eigenvalue weighted by Gasteiger charge is -1.99. The first kappa shape index (κ1) is 9.77. The van der Waals surface area contributed by atoms with Gasteiger partial charge in [0.25, 0.3) is 0 Å². The second kappa shape index (κ2) is 5.35. The van der Waals surface area contributed by atoms with Crippen LogP contribution >= 0.6 is 0 Å². The maximum absolute atomic E-state index is 10.9. The molecule has 1 heterocycles. The molecule has 0 atom stereocenters. The lowest BCUT2D eigenvalue weighted by molar-refractivity contribution is -0.143. The van der Waals surface area contributed by atoms with Crippen LogP contribution < -0.4 is 0 Å². The Morgan fingerprint density at radius 3 is 3.15 bits per heavy atom. The number of hydrogen-bond donors (Lipinski definition) is 1. The normalized spacial score (nSPS) is 9.92. The molecule has 4 nitrogen and oxygen atoms in total. The van der Waals surface area contributed by atoms with Crippen LogP contribution in [0, 0.1) is 0 Å². The molecule has 0 aromatic carbocycles. The van der Waals surface area contributed by atoms with E-state index in [1.54, 1.807) is 6.20 Å². The number of esters is 1. The van der Waals surface area contributed by atoms with E-state index in [0.29, 0.717) is 13.0 Å². The van der Waals surface area contributed by atoms with Crippen molar-refractivity contribution >= 4 is 5.97 Å².